The van der Waals surface area contributed by atoms with Gasteiger partial charge in [-0.15, -0.1) is 0 Å². The Kier molecular flexibility index (Phi) is 5.32. The van der Waals surface area contributed by atoms with E-state index in [-0.39, 0.29) is 16.5 Å². The first kappa shape index (κ1) is 19.5. The van der Waals surface area contributed by atoms with Crippen molar-refractivity contribution in [3.63, 3.8) is 0 Å². The first-order valence-electron chi connectivity index (χ1n) is 8.46. The largest absolute Gasteiger partial charge is 0.298 e. The van der Waals surface area contributed by atoms with E-state index in [0.29, 0.717) is 5.13 Å². The molecule has 2 aromatic carbocycles. The smallest absolute Gasteiger partial charge is 0.257 e. The van der Waals surface area contributed by atoms with Gasteiger partial charge in [-0.05, 0) is 50.6 Å². The maximum absolute atomic E-state index is 12.6. The number of sulfonamides is 1. The quantitative estimate of drug-likeness (QED) is 0.701. The van der Waals surface area contributed by atoms with E-state index in [9.17, 15) is 13.2 Å². The number of amides is 1. The van der Waals surface area contributed by atoms with E-state index < -0.39 is 15.9 Å². The van der Waals surface area contributed by atoms with Gasteiger partial charge in [0.05, 0.1) is 15.1 Å². The molecule has 0 bridgehead atoms. The summed E-state index contributed by atoms with van der Waals surface area (Å²) in [4.78, 5) is 17.2. The summed E-state index contributed by atoms with van der Waals surface area (Å²) in [6.07, 6.45) is 0. The minimum absolute atomic E-state index is 0.0893. The fraction of sp³-hybridized carbons (Fsp3) is 0.263. The summed E-state index contributed by atoms with van der Waals surface area (Å²) in [5, 5.41) is 3.25. The van der Waals surface area contributed by atoms with Crippen LogP contribution in [0.15, 0.2) is 47.4 Å². The molecule has 0 atom stereocenters. The molecule has 0 saturated carbocycles. The molecule has 0 aliphatic heterocycles. The number of nitrogens with one attached hydrogen (secondary N) is 1. The lowest BCUT2D eigenvalue weighted by atomic mass is 10.2. The van der Waals surface area contributed by atoms with Gasteiger partial charge in [0, 0.05) is 18.7 Å². The molecule has 142 valence electrons. The molecule has 6 nitrogen and oxygen atoms in total. The molecule has 0 saturated heterocycles. The standard InChI is InChI=1S/C19H21N3O3S2/c1-12(2)22(4)27(24,25)15-9-6-8-14(11-15)18(23)21-19-20-17-13(3)7-5-10-16(17)26-19/h5-12H,1-4H3,(H,20,21,23). The van der Waals surface area contributed by atoms with Crippen molar-refractivity contribution in [1.29, 1.82) is 0 Å². The van der Waals surface area contributed by atoms with Crippen molar-refractivity contribution in [2.75, 3.05) is 12.4 Å². The number of carbonyl (C=O) groups is 1. The van der Waals surface area contributed by atoms with Gasteiger partial charge in [-0.2, -0.15) is 4.31 Å². The van der Waals surface area contributed by atoms with Crippen molar-refractivity contribution in [1.82, 2.24) is 9.29 Å². The normalized spacial score (nSPS) is 12.1. The summed E-state index contributed by atoms with van der Waals surface area (Å²) in [6.45, 7) is 5.56. The Morgan fingerprint density at radius 2 is 1.89 bits per heavy atom. The third-order valence-corrected chi connectivity index (χ3v) is 7.31. The summed E-state index contributed by atoms with van der Waals surface area (Å²) < 4.78 is 27.6. The Balaban J connectivity index is 1.88. The molecule has 1 N–H and O–H groups in total. The van der Waals surface area contributed by atoms with Crippen molar-refractivity contribution < 1.29 is 13.2 Å². The summed E-state index contributed by atoms with van der Waals surface area (Å²) in [5.74, 6) is -0.393. The highest BCUT2D eigenvalue weighted by molar-refractivity contribution is 7.89. The molecule has 1 heterocycles. The molecule has 0 unspecified atom stereocenters. The fourth-order valence-electron chi connectivity index (χ4n) is 2.55. The Hall–Kier alpha value is -2.29. The van der Waals surface area contributed by atoms with Crippen molar-refractivity contribution >= 4 is 42.6 Å². The zero-order valence-electron chi connectivity index (χ0n) is 15.6. The van der Waals surface area contributed by atoms with Gasteiger partial charge in [0.1, 0.15) is 0 Å². The van der Waals surface area contributed by atoms with Crippen LogP contribution in [-0.4, -0.2) is 36.7 Å². The van der Waals surface area contributed by atoms with Crippen LogP contribution >= 0.6 is 11.3 Å². The minimum Gasteiger partial charge on any atom is -0.298 e. The number of nitrogens with zero attached hydrogens (tertiary/aromatic N) is 2. The van der Waals surface area contributed by atoms with Crippen LogP contribution in [0.5, 0.6) is 0 Å². The highest BCUT2D eigenvalue weighted by atomic mass is 32.2. The summed E-state index contributed by atoms with van der Waals surface area (Å²) in [5.41, 5.74) is 2.16. The number of fused-ring (bicyclic) bond motifs is 1. The second-order valence-corrected chi connectivity index (χ2v) is 9.57. The Morgan fingerprint density at radius 1 is 1.19 bits per heavy atom. The highest BCUT2D eigenvalue weighted by Gasteiger charge is 2.24. The van der Waals surface area contributed by atoms with Crippen LogP contribution < -0.4 is 5.32 Å². The average molecular weight is 404 g/mol. The Bertz CT molecular complexity index is 1100. The third-order valence-electron chi connectivity index (χ3n) is 4.34. The zero-order chi connectivity index (χ0) is 19.8. The van der Waals surface area contributed by atoms with Crippen LogP contribution in [0.4, 0.5) is 5.13 Å². The molecule has 0 aliphatic carbocycles. The second kappa shape index (κ2) is 7.38. The second-order valence-electron chi connectivity index (χ2n) is 6.54. The highest BCUT2D eigenvalue weighted by Crippen LogP contribution is 2.28. The summed E-state index contributed by atoms with van der Waals surface area (Å²) >= 11 is 1.38. The number of aromatic nitrogens is 1. The Morgan fingerprint density at radius 3 is 2.56 bits per heavy atom. The molecule has 1 aromatic heterocycles. The lowest BCUT2D eigenvalue weighted by Gasteiger charge is -2.21. The van der Waals surface area contributed by atoms with Crippen molar-refractivity contribution in [2.45, 2.75) is 31.7 Å². The molecule has 27 heavy (non-hydrogen) atoms. The van der Waals surface area contributed by atoms with Crippen LogP contribution in [-0.2, 0) is 10.0 Å². The molecule has 1 amide bonds. The van der Waals surface area contributed by atoms with Gasteiger partial charge in [0.25, 0.3) is 5.91 Å². The predicted molar refractivity (Wildman–Crippen MR) is 109 cm³/mol. The molecule has 0 spiro atoms. The number of thiazole rings is 1. The number of benzene rings is 2. The van der Waals surface area contributed by atoms with Gasteiger partial charge in [0.15, 0.2) is 5.13 Å². The molecule has 8 heteroatoms. The van der Waals surface area contributed by atoms with Gasteiger partial charge in [-0.3, -0.25) is 10.1 Å². The van der Waals surface area contributed by atoms with Gasteiger partial charge in [0.2, 0.25) is 10.0 Å². The van der Waals surface area contributed by atoms with Gasteiger partial charge in [-0.25, -0.2) is 13.4 Å². The van der Waals surface area contributed by atoms with E-state index in [0.717, 1.165) is 15.8 Å². The number of para-hydroxylation sites is 1. The van der Waals surface area contributed by atoms with Gasteiger partial charge in [-0.1, -0.05) is 29.5 Å². The van der Waals surface area contributed by atoms with E-state index in [1.54, 1.807) is 26.0 Å². The van der Waals surface area contributed by atoms with Crippen LogP contribution in [0, 0.1) is 6.92 Å². The van der Waals surface area contributed by atoms with E-state index in [1.807, 2.05) is 25.1 Å². The number of rotatable bonds is 5. The third kappa shape index (κ3) is 3.87. The van der Waals surface area contributed by atoms with Crippen molar-refractivity contribution in [2.24, 2.45) is 0 Å². The molecule has 0 radical (unpaired) electrons. The molecule has 3 rings (SSSR count). The van der Waals surface area contributed by atoms with E-state index in [1.165, 1.54) is 34.8 Å². The maximum atomic E-state index is 12.6. The lowest BCUT2D eigenvalue weighted by molar-refractivity contribution is 0.102. The van der Waals surface area contributed by atoms with Crippen molar-refractivity contribution in [3.05, 3.63) is 53.6 Å². The monoisotopic (exact) mass is 403 g/mol. The zero-order valence-corrected chi connectivity index (χ0v) is 17.2. The number of hydrogen-bond donors (Lipinski definition) is 1. The van der Waals surface area contributed by atoms with Crippen LogP contribution in [0.1, 0.15) is 29.8 Å². The Labute approximate surface area is 162 Å². The molecule has 0 fully saturated rings. The average Bonchev–Trinajstić information content (AvgIpc) is 3.05. The first-order chi connectivity index (χ1) is 12.7. The number of anilines is 1. The van der Waals surface area contributed by atoms with Gasteiger partial charge < -0.3 is 0 Å². The van der Waals surface area contributed by atoms with Gasteiger partial charge >= 0.3 is 0 Å². The fourth-order valence-corrected chi connectivity index (χ4v) is 4.90. The predicted octanol–water partition coefficient (Wildman–Crippen LogP) is 3.89. The number of aryl methyl sites for hydroxylation is 1. The summed E-state index contributed by atoms with van der Waals surface area (Å²) in [6, 6.07) is 11.7. The molecule has 3 aromatic rings. The molecular weight excluding hydrogens is 382 g/mol. The number of hydrogen-bond acceptors (Lipinski definition) is 5. The topological polar surface area (TPSA) is 79.4 Å². The molecule has 0 aliphatic rings. The van der Waals surface area contributed by atoms with Crippen LogP contribution in [0.3, 0.4) is 0 Å². The minimum atomic E-state index is -3.65. The lowest BCUT2D eigenvalue weighted by Crippen LogP contribution is -2.33. The van der Waals surface area contributed by atoms with Crippen LogP contribution in [0.25, 0.3) is 10.2 Å². The maximum Gasteiger partial charge on any atom is 0.257 e. The van der Waals surface area contributed by atoms with E-state index >= 15 is 0 Å². The van der Waals surface area contributed by atoms with Crippen LogP contribution in [0.2, 0.25) is 0 Å². The van der Waals surface area contributed by atoms with E-state index in [2.05, 4.69) is 10.3 Å². The number of carbonyl (C=O) groups excluding carboxylic acids is 1. The molecular formula is C19H21N3O3S2. The van der Waals surface area contributed by atoms with E-state index in [4.69, 9.17) is 0 Å². The first-order valence-corrected chi connectivity index (χ1v) is 10.7. The van der Waals surface area contributed by atoms with Crippen molar-refractivity contribution in [3.8, 4) is 0 Å². The SMILES string of the molecule is Cc1cccc2sc(NC(=O)c3cccc(S(=O)(=O)N(C)C(C)C)c3)nc12. The summed E-state index contributed by atoms with van der Waals surface area (Å²) in [7, 11) is -2.13.